The van der Waals surface area contributed by atoms with E-state index in [0.29, 0.717) is 0 Å². The van der Waals surface area contributed by atoms with Crippen LogP contribution >= 0.6 is 0 Å². The molecule has 8 aromatic rings. The minimum absolute atomic E-state index is 0.0414. The number of rotatable bonds is 4. The molecule has 0 heterocycles. The van der Waals surface area contributed by atoms with Crippen LogP contribution in [0.4, 0.5) is 0 Å². The van der Waals surface area contributed by atoms with E-state index in [0.717, 1.165) is 0 Å². The maximum Gasteiger partial charge on any atom is 0.0784 e. The molecule has 0 atom stereocenters. The molecule has 266 valence electrons. The van der Waals surface area contributed by atoms with Crippen LogP contribution in [0.2, 0.25) is 39.3 Å². The van der Waals surface area contributed by atoms with Gasteiger partial charge in [-0.3, -0.25) is 0 Å². The molecule has 0 aliphatic heterocycles. The Morgan fingerprint density at radius 3 is 1.07 bits per heavy atom. The zero-order chi connectivity index (χ0) is 37.7. The molecule has 2 heteroatoms. The molecule has 0 nitrogen and oxygen atoms in total. The largest absolute Gasteiger partial charge is 0.0784 e. The van der Waals surface area contributed by atoms with Gasteiger partial charge in [0.1, 0.15) is 0 Å². The van der Waals surface area contributed by atoms with E-state index < -0.39 is 16.1 Å². The summed E-state index contributed by atoms with van der Waals surface area (Å²) in [7, 11) is -3.54. The molecule has 2 aliphatic carbocycles. The van der Waals surface area contributed by atoms with E-state index in [9.17, 15) is 0 Å². The molecule has 0 saturated carbocycles. The van der Waals surface area contributed by atoms with Crippen molar-refractivity contribution in [3.05, 3.63) is 144 Å². The number of hydrogen-bond donors (Lipinski definition) is 0. The summed E-state index contributed by atoms with van der Waals surface area (Å²) >= 11 is 0. The highest BCUT2D eigenvalue weighted by Gasteiger charge is 2.37. The lowest BCUT2D eigenvalue weighted by molar-refractivity contribution is 0.660. The van der Waals surface area contributed by atoms with Crippen LogP contribution in [-0.2, 0) is 10.8 Å². The summed E-state index contributed by atoms with van der Waals surface area (Å²) in [6.45, 7) is 24.7. The minimum atomic E-state index is -1.77. The van der Waals surface area contributed by atoms with Crippen molar-refractivity contribution in [1.82, 2.24) is 0 Å². The molecule has 2 aliphatic rings. The fourth-order valence-corrected chi connectivity index (χ4v) is 13.6. The second-order valence-electron chi connectivity index (χ2n) is 19.4. The highest BCUT2D eigenvalue weighted by molar-refractivity contribution is 6.91. The lowest BCUT2D eigenvalue weighted by atomic mass is 9.80. The minimum Gasteiger partial charge on any atom is -0.0656 e. The molecule has 10 rings (SSSR count). The Morgan fingerprint density at radius 2 is 0.685 bits per heavy atom. The van der Waals surface area contributed by atoms with Gasteiger partial charge in [0, 0.05) is 10.8 Å². The van der Waals surface area contributed by atoms with Crippen LogP contribution < -0.4 is 10.4 Å². The van der Waals surface area contributed by atoms with Gasteiger partial charge in [-0.2, -0.15) is 0 Å². The van der Waals surface area contributed by atoms with Gasteiger partial charge in [-0.25, -0.2) is 0 Å². The number of benzene rings is 8. The standard InChI is InChI=1S/C52H50Si2/c1-51(2)43-17-13-11-15-33(43)35-21-19-31(27-45(35)51)41-29-47(53(5,6)7)39-26-24-38-42(30-48(54(8,9)10)40-25-23-37(41)49(39)50(38)40)32-20-22-36-34-16-12-14-18-44(34)52(3,4)46(36)28-32/h11-30H,1-10H3. The third kappa shape index (κ3) is 4.53. The summed E-state index contributed by atoms with van der Waals surface area (Å²) in [5.74, 6) is 0. The van der Waals surface area contributed by atoms with Gasteiger partial charge in [0.2, 0.25) is 0 Å². The van der Waals surface area contributed by atoms with E-state index in [1.165, 1.54) is 99.1 Å². The maximum absolute atomic E-state index is 2.59. The third-order valence-electron chi connectivity index (χ3n) is 13.3. The summed E-state index contributed by atoms with van der Waals surface area (Å²) < 4.78 is 0. The van der Waals surface area contributed by atoms with E-state index in [2.05, 4.69) is 188 Å². The highest BCUT2D eigenvalue weighted by Crippen LogP contribution is 2.52. The highest BCUT2D eigenvalue weighted by atomic mass is 28.3. The van der Waals surface area contributed by atoms with Crippen LogP contribution in [0, 0.1) is 0 Å². The van der Waals surface area contributed by atoms with Gasteiger partial charge in [0.25, 0.3) is 0 Å². The second kappa shape index (κ2) is 10.9. The summed E-state index contributed by atoms with van der Waals surface area (Å²) in [4.78, 5) is 0. The predicted octanol–water partition coefficient (Wildman–Crippen LogP) is 13.6. The Morgan fingerprint density at radius 1 is 0.333 bits per heavy atom. The van der Waals surface area contributed by atoms with Crippen molar-refractivity contribution in [3.8, 4) is 44.5 Å². The number of fused-ring (bicyclic) bond motifs is 6. The van der Waals surface area contributed by atoms with E-state index in [4.69, 9.17) is 0 Å². The molecule has 0 saturated heterocycles. The fourth-order valence-electron chi connectivity index (χ4n) is 10.5. The Hall–Kier alpha value is -4.77. The van der Waals surface area contributed by atoms with Crippen molar-refractivity contribution in [2.24, 2.45) is 0 Å². The van der Waals surface area contributed by atoms with Crippen molar-refractivity contribution >= 4 is 58.8 Å². The van der Waals surface area contributed by atoms with Crippen LogP contribution in [0.3, 0.4) is 0 Å². The third-order valence-corrected chi connectivity index (χ3v) is 17.4. The molecule has 0 amide bonds. The molecule has 0 aromatic heterocycles. The molecule has 0 fully saturated rings. The van der Waals surface area contributed by atoms with E-state index >= 15 is 0 Å². The van der Waals surface area contributed by atoms with Gasteiger partial charge in [-0.15, -0.1) is 0 Å². The summed E-state index contributed by atoms with van der Waals surface area (Å²) in [5, 5.41) is 11.7. The lowest BCUT2D eigenvalue weighted by Gasteiger charge is -2.28. The van der Waals surface area contributed by atoms with Crippen LogP contribution in [0.15, 0.2) is 121 Å². The Balaban J connectivity index is 1.28. The molecule has 54 heavy (non-hydrogen) atoms. The predicted molar refractivity (Wildman–Crippen MR) is 242 cm³/mol. The molecular formula is C52H50Si2. The van der Waals surface area contributed by atoms with Gasteiger partial charge < -0.3 is 0 Å². The average molecular weight is 731 g/mol. The molecule has 0 unspecified atom stereocenters. The van der Waals surface area contributed by atoms with Crippen LogP contribution in [-0.4, -0.2) is 16.1 Å². The van der Waals surface area contributed by atoms with Crippen molar-refractivity contribution in [3.63, 3.8) is 0 Å². The van der Waals surface area contributed by atoms with Gasteiger partial charge >= 0.3 is 0 Å². The smallest absolute Gasteiger partial charge is 0.0656 e. The van der Waals surface area contributed by atoms with Crippen molar-refractivity contribution < 1.29 is 0 Å². The first-order valence-corrected chi connectivity index (χ1v) is 26.9. The molecule has 0 bridgehead atoms. The maximum atomic E-state index is 2.59. The average Bonchev–Trinajstić information content (AvgIpc) is 3.51. The lowest BCUT2D eigenvalue weighted by Crippen LogP contribution is -2.39. The van der Waals surface area contributed by atoms with Crippen LogP contribution in [0.1, 0.15) is 49.9 Å². The molecular weight excluding hydrogens is 681 g/mol. The molecule has 0 N–H and O–H groups in total. The quantitative estimate of drug-likeness (QED) is 0.125. The summed E-state index contributed by atoms with van der Waals surface area (Å²) in [6, 6.07) is 47.8. The monoisotopic (exact) mass is 730 g/mol. The van der Waals surface area contributed by atoms with E-state index in [-0.39, 0.29) is 10.8 Å². The van der Waals surface area contributed by atoms with Crippen molar-refractivity contribution in [1.29, 1.82) is 0 Å². The van der Waals surface area contributed by atoms with E-state index in [1.807, 2.05) is 0 Å². The molecule has 8 aromatic carbocycles. The number of hydrogen-bond acceptors (Lipinski definition) is 0. The van der Waals surface area contributed by atoms with E-state index in [1.54, 1.807) is 10.4 Å². The summed E-state index contributed by atoms with van der Waals surface area (Å²) in [6.07, 6.45) is 0. The Kier molecular flexibility index (Phi) is 6.84. The van der Waals surface area contributed by atoms with Gasteiger partial charge in [-0.1, -0.05) is 187 Å². The molecule has 0 radical (unpaired) electrons. The molecule has 0 spiro atoms. The first kappa shape index (κ1) is 33.8. The fraction of sp³-hybridized carbons (Fsp3) is 0.231. The topological polar surface area (TPSA) is 0 Å². The van der Waals surface area contributed by atoms with Crippen LogP contribution in [0.25, 0.3) is 76.8 Å². The normalized spacial score (nSPS) is 15.5. The zero-order valence-electron chi connectivity index (χ0n) is 33.5. The second-order valence-corrected chi connectivity index (χ2v) is 29.5. The van der Waals surface area contributed by atoms with Crippen molar-refractivity contribution in [2.45, 2.75) is 77.8 Å². The van der Waals surface area contributed by atoms with Gasteiger partial charge in [-0.05, 0) is 111 Å². The van der Waals surface area contributed by atoms with Crippen LogP contribution in [0.5, 0.6) is 0 Å². The van der Waals surface area contributed by atoms with Gasteiger partial charge in [0.15, 0.2) is 0 Å². The zero-order valence-corrected chi connectivity index (χ0v) is 35.5. The van der Waals surface area contributed by atoms with Crippen molar-refractivity contribution in [2.75, 3.05) is 0 Å². The Labute approximate surface area is 323 Å². The summed E-state index contributed by atoms with van der Waals surface area (Å²) in [5.41, 5.74) is 16.6. The van der Waals surface area contributed by atoms with Gasteiger partial charge in [0.05, 0.1) is 16.1 Å². The Bertz CT molecular complexity index is 2690. The first-order chi connectivity index (χ1) is 25.6. The first-order valence-electron chi connectivity index (χ1n) is 19.9. The SMILES string of the molecule is CC1(C)c2ccccc2-c2ccc(-c3cc([Si](C)(C)C)c4ccc5c(-c6ccc7c(c6)C(C)(C)c6ccccc6-7)cc([Si](C)(C)C)c6ccc3c4c56)cc21.